The van der Waals surface area contributed by atoms with Gasteiger partial charge in [-0.1, -0.05) is 0 Å². The molecule has 4 heterocycles. The molecule has 3 aromatic heterocycles. The Balaban J connectivity index is 1.71. The molecule has 3 N–H and O–H groups in total. The smallest absolute Gasteiger partial charge is 0.341 e. The number of carboxylic acid groups (broad SMARTS) is 1. The van der Waals surface area contributed by atoms with E-state index in [4.69, 9.17) is 0 Å². The molecule has 0 spiro atoms. The normalized spacial score (nSPS) is 15.0. The van der Waals surface area contributed by atoms with E-state index in [1.165, 1.54) is 22.1 Å². The minimum atomic E-state index is -1.31. The molecule has 0 bridgehead atoms. The Bertz CT molecular complexity index is 1210. The quantitative estimate of drug-likeness (QED) is 0.508. The standard InChI is InChI=1S/C20H21N5O5S/c1-10-5-14(24-7-12(8-24)18(28)22-6-11(2)26)23-17-15(10)16(27)13(19(29)30)9-25(17)20-21-3-4-31-20/h3-5,9,11-12,26H,6-8H2,1-2H3,(H,22,28)(H,29,30). The van der Waals surface area contributed by atoms with E-state index in [2.05, 4.69) is 15.3 Å². The van der Waals surface area contributed by atoms with Crippen molar-refractivity contribution in [3.05, 3.63) is 45.2 Å². The molecular formula is C20H21N5O5S. The number of pyridine rings is 2. The number of carboxylic acids is 1. The molecule has 162 valence electrons. The lowest BCUT2D eigenvalue weighted by molar-refractivity contribution is -0.126. The summed E-state index contributed by atoms with van der Waals surface area (Å²) in [6.45, 7) is 4.46. The highest BCUT2D eigenvalue weighted by molar-refractivity contribution is 7.12. The van der Waals surface area contributed by atoms with Crippen LogP contribution in [0.15, 0.2) is 28.6 Å². The average molecular weight is 443 g/mol. The molecule has 0 radical (unpaired) electrons. The highest BCUT2D eigenvalue weighted by Gasteiger charge is 2.34. The second-order valence-electron chi connectivity index (χ2n) is 7.55. The zero-order valence-electron chi connectivity index (χ0n) is 16.9. The van der Waals surface area contributed by atoms with E-state index in [1.54, 1.807) is 31.5 Å². The molecule has 4 rings (SSSR count). The molecule has 1 amide bonds. The predicted molar refractivity (Wildman–Crippen MR) is 115 cm³/mol. The summed E-state index contributed by atoms with van der Waals surface area (Å²) < 4.78 is 1.52. The Morgan fingerprint density at radius 3 is 2.74 bits per heavy atom. The molecule has 0 aliphatic carbocycles. The van der Waals surface area contributed by atoms with Crippen LogP contribution >= 0.6 is 11.3 Å². The van der Waals surface area contributed by atoms with E-state index in [1.807, 2.05) is 4.90 Å². The highest BCUT2D eigenvalue weighted by atomic mass is 32.1. The van der Waals surface area contributed by atoms with Gasteiger partial charge in [-0.15, -0.1) is 11.3 Å². The van der Waals surface area contributed by atoms with E-state index in [0.29, 0.717) is 35.2 Å². The Kier molecular flexibility index (Phi) is 5.46. The zero-order valence-corrected chi connectivity index (χ0v) is 17.7. The van der Waals surface area contributed by atoms with Gasteiger partial charge in [0.2, 0.25) is 11.3 Å². The van der Waals surface area contributed by atoms with E-state index < -0.39 is 17.5 Å². The highest BCUT2D eigenvalue weighted by Crippen LogP contribution is 2.28. The van der Waals surface area contributed by atoms with E-state index in [-0.39, 0.29) is 29.3 Å². The first-order valence-electron chi connectivity index (χ1n) is 9.67. The monoisotopic (exact) mass is 443 g/mol. The van der Waals surface area contributed by atoms with Crippen LogP contribution in [0.25, 0.3) is 16.2 Å². The fourth-order valence-electron chi connectivity index (χ4n) is 3.50. The number of thiazole rings is 1. The summed E-state index contributed by atoms with van der Waals surface area (Å²) in [7, 11) is 0. The molecule has 11 heteroatoms. The lowest BCUT2D eigenvalue weighted by atomic mass is 9.98. The van der Waals surface area contributed by atoms with Crippen molar-refractivity contribution in [3.8, 4) is 5.13 Å². The van der Waals surface area contributed by atoms with E-state index in [9.17, 15) is 24.6 Å². The maximum Gasteiger partial charge on any atom is 0.341 e. The summed E-state index contributed by atoms with van der Waals surface area (Å²) in [4.78, 5) is 47.4. The number of hydrogen-bond acceptors (Lipinski definition) is 8. The molecule has 0 saturated carbocycles. The summed E-state index contributed by atoms with van der Waals surface area (Å²) >= 11 is 1.30. The Morgan fingerprint density at radius 2 is 2.13 bits per heavy atom. The number of aromatic carboxylic acids is 1. The Morgan fingerprint density at radius 1 is 1.39 bits per heavy atom. The number of carbonyl (C=O) groups is 2. The number of aliphatic hydroxyl groups excluding tert-OH is 1. The molecule has 1 unspecified atom stereocenters. The van der Waals surface area contributed by atoms with Crippen molar-refractivity contribution in [1.82, 2.24) is 19.9 Å². The van der Waals surface area contributed by atoms with Crippen LogP contribution in [0.2, 0.25) is 0 Å². The van der Waals surface area contributed by atoms with Crippen LogP contribution in [0.4, 0.5) is 5.82 Å². The van der Waals surface area contributed by atoms with Crippen LogP contribution in [0.1, 0.15) is 22.8 Å². The van der Waals surface area contributed by atoms with E-state index >= 15 is 0 Å². The van der Waals surface area contributed by atoms with Crippen LogP contribution in [-0.4, -0.2) is 62.4 Å². The summed E-state index contributed by atoms with van der Waals surface area (Å²) in [5.41, 5.74) is -0.0210. The number of aromatic nitrogens is 3. The number of aliphatic hydroxyl groups is 1. The van der Waals surface area contributed by atoms with Gasteiger partial charge in [0, 0.05) is 37.4 Å². The van der Waals surface area contributed by atoms with Crippen molar-refractivity contribution in [2.75, 3.05) is 24.5 Å². The minimum absolute atomic E-state index is 0.125. The van der Waals surface area contributed by atoms with Crippen LogP contribution in [0, 0.1) is 12.8 Å². The van der Waals surface area contributed by atoms with Gasteiger partial charge in [-0.25, -0.2) is 14.8 Å². The number of rotatable bonds is 6. The summed E-state index contributed by atoms with van der Waals surface area (Å²) in [6.07, 6.45) is 2.24. The van der Waals surface area contributed by atoms with Gasteiger partial charge in [-0.05, 0) is 25.5 Å². The van der Waals surface area contributed by atoms with Crippen molar-refractivity contribution in [1.29, 1.82) is 0 Å². The number of anilines is 1. The van der Waals surface area contributed by atoms with Crippen LogP contribution in [0.5, 0.6) is 0 Å². The third kappa shape index (κ3) is 3.89. The predicted octanol–water partition coefficient (Wildman–Crippen LogP) is 0.782. The Labute approximate surface area is 180 Å². The molecule has 10 nitrogen and oxygen atoms in total. The van der Waals surface area contributed by atoms with Crippen molar-refractivity contribution in [2.24, 2.45) is 5.92 Å². The minimum Gasteiger partial charge on any atom is -0.477 e. The van der Waals surface area contributed by atoms with Crippen molar-refractivity contribution in [3.63, 3.8) is 0 Å². The van der Waals surface area contributed by atoms with Crippen molar-refractivity contribution >= 4 is 40.1 Å². The van der Waals surface area contributed by atoms with Gasteiger partial charge >= 0.3 is 5.97 Å². The molecule has 1 saturated heterocycles. The topological polar surface area (TPSA) is 138 Å². The van der Waals surface area contributed by atoms with Crippen LogP contribution < -0.4 is 15.6 Å². The lowest BCUT2D eigenvalue weighted by Gasteiger charge is -2.39. The summed E-state index contributed by atoms with van der Waals surface area (Å²) in [5, 5.41) is 24.0. The zero-order chi connectivity index (χ0) is 22.3. The van der Waals surface area contributed by atoms with Gasteiger partial charge in [-0.2, -0.15) is 0 Å². The largest absolute Gasteiger partial charge is 0.477 e. The molecule has 1 aliphatic heterocycles. The van der Waals surface area contributed by atoms with Gasteiger partial charge in [0.1, 0.15) is 11.4 Å². The molecule has 0 aromatic carbocycles. The number of amides is 1. The Hall–Kier alpha value is -3.31. The van der Waals surface area contributed by atoms with Crippen molar-refractivity contribution < 1.29 is 19.8 Å². The molecule has 31 heavy (non-hydrogen) atoms. The van der Waals surface area contributed by atoms with Gasteiger partial charge in [0.15, 0.2) is 10.8 Å². The fraction of sp³-hybridized carbons (Fsp3) is 0.350. The molecule has 3 aromatic rings. The third-order valence-electron chi connectivity index (χ3n) is 5.15. The fourth-order valence-corrected chi connectivity index (χ4v) is 4.11. The third-order valence-corrected chi connectivity index (χ3v) is 5.92. The maximum absolute atomic E-state index is 12.8. The number of hydrogen-bond donors (Lipinski definition) is 3. The van der Waals surface area contributed by atoms with Gasteiger partial charge in [0.05, 0.1) is 17.4 Å². The first kappa shape index (κ1) is 20.9. The number of fused-ring (bicyclic) bond motifs is 1. The second kappa shape index (κ2) is 8.08. The number of aryl methyl sites for hydroxylation is 1. The second-order valence-corrected chi connectivity index (χ2v) is 8.43. The molecular weight excluding hydrogens is 422 g/mol. The van der Waals surface area contributed by atoms with Crippen LogP contribution in [0.3, 0.4) is 0 Å². The first-order chi connectivity index (χ1) is 14.8. The van der Waals surface area contributed by atoms with Gasteiger partial charge in [-0.3, -0.25) is 14.2 Å². The first-order valence-corrected chi connectivity index (χ1v) is 10.5. The molecule has 1 aliphatic rings. The lowest BCUT2D eigenvalue weighted by Crippen LogP contribution is -2.54. The number of carbonyl (C=O) groups excluding carboxylic acids is 1. The van der Waals surface area contributed by atoms with Gasteiger partial charge in [0.25, 0.3) is 0 Å². The molecule has 1 fully saturated rings. The summed E-state index contributed by atoms with van der Waals surface area (Å²) in [5.74, 6) is -1.06. The summed E-state index contributed by atoms with van der Waals surface area (Å²) in [6, 6.07) is 1.73. The molecule has 1 atom stereocenters. The SMILES string of the molecule is Cc1cc(N2CC(C(=O)NCC(C)O)C2)nc2c1c(=O)c(C(=O)O)cn2-c1nccs1. The van der Waals surface area contributed by atoms with Crippen molar-refractivity contribution in [2.45, 2.75) is 20.0 Å². The van der Waals surface area contributed by atoms with Crippen LogP contribution in [-0.2, 0) is 4.79 Å². The average Bonchev–Trinajstić information content (AvgIpc) is 3.19. The number of nitrogens with zero attached hydrogens (tertiary/aromatic N) is 4. The van der Waals surface area contributed by atoms with Gasteiger partial charge < -0.3 is 20.4 Å². The number of nitrogens with one attached hydrogen (secondary N) is 1. The maximum atomic E-state index is 12.8. The van der Waals surface area contributed by atoms with E-state index in [0.717, 1.165) is 0 Å².